The molecule has 2 rings (SSSR count). The summed E-state index contributed by atoms with van der Waals surface area (Å²) in [5.41, 5.74) is -0.316. The highest BCUT2D eigenvalue weighted by Crippen LogP contribution is 2.39. The van der Waals surface area contributed by atoms with E-state index in [4.69, 9.17) is 14.2 Å². The summed E-state index contributed by atoms with van der Waals surface area (Å²) in [5, 5.41) is 0. The Morgan fingerprint density at radius 3 is 2.48 bits per heavy atom. The predicted octanol–water partition coefficient (Wildman–Crippen LogP) is 3.46. The van der Waals surface area contributed by atoms with Gasteiger partial charge in [-0.25, -0.2) is 0 Å². The van der Waals surface area contributed by atoms with Gasteiger partial charge < -0.3 is 14.2 Å². The number of hydrogen-bond donors (Lipinski definition) is 0. The van der Waals surface area contributed by atoms with Crippen molar-refractivity contribution in [1.29, 1.82) is 0 Å². The molecule has 0 amide bonds. The molecule has 120 valence electrons. The highest BCUT2D eigenvalue weighted by Gasteiger charge is 2.39. The monoisotopic (exact) mass is 296 g/mol. The van der Waals surface area contributed by atoms with Crippen molar-refractivity contribution in [2.45, 2.75) is 59.2 Å². The third kappa shape index (κ3) is 4.30. The average molecular weight is 296 g/mol. The molecule has 2 aliphatic rings. The second kappa shape index (κ2) is 6.49. The Hall–Kier alpha value is -0.870. The van der Waals surface area contributed by atoms with Crippen LogP contribution in [0.25, 0.3) is 0 Å². The second-order valence-electron chi connectivity index (χ2n) is 7.07. The maximum Gasteiger partial charge on any atom is 0.165 e. The lowest BCUT2D eigenvalue weighted by atomic mass is 9.73. The van der Waals surface area contributed by atoms with Crippen molar-refractivity contribution >= 4 is 5.78 Å². The minimum absolute atomic E-state index is 0.175. The van der Waals surface area contributed by atoms with Crippen molar-refractivity contribution in [1.82, 2.24) is 0 Å². The molecule has 0 spiro atoms. The van der Waals surface area contributed by atoms with Crippen molar-refractivity contribution in [2.24, 2.45) is 11.3 Å². The van der Waals surface area contributed by atoms with Crippen LogP contribution in [-0.4, -0.2) is 31.4 Å². The van der Waals surface area contributed by atoms with E-state index in [9.17, 15) is 4.79 Å². The number of rotatable bonds is 6. The Labute approximate surface area is 127 Å². The lowest BCUT2D eigenvalue weighted by Gasteiger charge is -2.34. The molecule has 1 aliphatic carbocycles. The van der Waals surface area contributed by atoms with Gasteiger partial charge in [0.05, 0.1) is 25.6 Å². The molecule has 0 aromatic carbocycles. The van der Waals surface area contributed by atoms with Crippen molar-refractivity contribution in [3.8, 4) is 0 Å². The van der Waals surface area contributed by atoms with Crippen molar-refractivity contribution in [3.05, 3.63) is 11.8 Å². The number of hydrogen-bond acceptors (Lipinski definition) is 4. The molecule has 1 fully saturated rings. The fourth-order valence-electron chi connectivity index (χ4n) is 2.75. The van der Waals surface area contributed by atoms with Crippen LogP contribution in [0.4, 0.5) is 0 Å². The van der Waals surface area contributed by atoms with Crippen LogP contribution in [0.1, 0.15) is 53.4 Å². The Morgan fingerprint density at radius 1 is 1.24 bits per heavy atom. The number of ketones is 1. The molecule has 1 aliphatic heterocycles. The van der Waals surface area contributed by atoms with Crippen LogP contribution >= 0.6 is 0 Å². The van der Waals surface area contributed by atoms with Gasteiger partial charge in [0.15, 0.2) is 11.6 Å². The quantitative estimate of drug-likeness (QED) is 0.753. The van der Waals surface area contributed by atoms with Crippen molar-refractivity contribution in [2.75, 3.05) is 19.8 Å². The summed E-state index contributed by atoms with van der Waals surface area (Å²) in [5.74, 6) is 0.979. The molecule has 0 aromatic rings. The standard InChI is InChI=1S/C17H28O4/c1-13(2)12-19-14-5-6-16(3,15(18)11-14)7-8-17(4)20-9-10-21-17/h11,13H,5-10,12H2,1-4H3. The molecule has 4 nitrogen and oxygen atoms in total. The highest BCUT2D eigenvalue weighted by molar-refractivity contribution is 5.95. The summed E-state index contributed by atoms with van der Waals surface area (Å²) >= 11 is 0. The summed E-state index contributed by atoms with van der Waals surface area (Å²) < 4.78 is 16.9. The van der Waals surface area contributed by atoms with Crippen LogP contribution in [-0.2, 0) is 19.0 Å². The minimum Gasteiger partial charge on any atom is -0.498 e. The number of carbonyl (C=O) groups excluding carboxylic acids is 1. The second-order valence-corrected chi connectivity index (χ2v) is 7.07. The van der Waals surface area contributed by atoms with E-state index in [1.807, 2.05) is 13.8 Å². The SMILES string of the molecule is CC(C)COC1=CC(=O)C(C)(CCC2(C)OCCO2)CC1. The lowest BCUT2D eigenvalue weighted by Crippen LogP contribution is -2.34. The van der Waals surface area contributed by atoms with Crippen LogP contribution < -0.4 is 0 Å². The Balaban J connectivity index is 1.90. The molecule has 1 atom stereocenters. The molecule has 1 saturated heterocycles. The lowest BCUT2D eigenvalue weighted by molar-refractivity contribution is -0.154. The molecule has 0 radical (unpaired) electrons. The molecule has 0 saturated carbocycles. The maximum atomic E-state index is 12.4. The first-order chi connectivity index (χ1) is 9.83. The van der Waals surface area contributed by atoms with Gasteiger partial charge in [0.1, 0.15) is 0 Å². The average Bonchev–Trinajstić information content (AvgIpc) is 2.86. The zero-order valence-corrected chi connectivity index (χ0v) is 13.7. The first-order valence-electron chi connectivity index (χ1n) is 7.99. The molecule has 4 heteroatoms. The van der Waals surface area contributed by atoms with Crippen LogP contribution in [0.3, 0.4) is 0 Å². The molecular weight excluding hydrogens is 268 g/mol. The largest absolute Gasteiger partial charge is 0.498 e. The van der Waals surface area contributed by atoms with Gasteiger partial charge in [-0.3, -0.25) is 4.79 Å². The van der Waals surface area contributed by atoms with Crippen molar-refractivity contribution < 1.29 is 19.0 Å². The summed E-state index contributed by atoms with van der Waals surface area (Å²) in [6, 6.07) is 0. The summed E-state index contributed by atoms with van der Waals surface area (Å²) in [7, 11) is 0. The fraction of sp³-hybridized carbons (Fsp3) is 0.824. The van der Waals surface area contributed by atoms with E-state index in [-0.39, 0.29) is 11.2 Å². The third-order valence-corrected chi connectivity index (χ3v) is 4.44. The molecule has 0 bridgehead atoms. The van der Waals surface area contributed by atoms with Gasteiger partial charge in [-0.2, -0.15) is 0 Å². The van der Waals surface area contributed by atoms with E-state index in [0.29, 0.717) is 25.7 Å². The van der Waals surface area contributed by atoms with Gasteiger partial charge >= 0.3 is 0 Å². The Bertz CT molecular complexity index is 407. The predicted molar refractivity (Wildman–Crippen MR) is 80.8 cm³/mol. The Morgan fingerprint density at radius 2 is 1.90 bits per heavy atom. The van der Waals surface area contributed by atoms with Gasteiger partial charge in [0, 0.05) is 24.3 Å². The van der Waals surface area contributed by atoms with Crippen LogP contribution in [0.2, 0.25) is 0 Å². The minimum atomic E-state index is -0.512. The third-order valence-electron chi connectivity index (χ3n) is 4.44. The molecule has 1 heterocycles. The summed E-state index contributed by atoms with van der Waals surface area (Å²) in [4.78, 5) is 12.4. The zero-order valence-electron chi connectivity index (χ0n) is 13.7. The number of allylic oxidation sites excluding steroid dienone is 2. The van der Waals surface area contributed by atoms with Crippen LogP contribution in [0, 0.1) is 11.3 Å². The van der Waals surface area contributed by atoms with E-state index >= 15 is 0 Å². The smallest absolute Gasteiger partial charge is 0.165 e. The van der Waals surface area contributed by atoms with Gasteiger partial charge in [0.25, 0.3) is 0 Å². The number of ether oxygens (including phenoxy) is 3. The fourth-order valence-corrected chi connectivity index (χ4v) is 2.75. The van der Waals surface area contributed by atoms with E-state index < -0.39 is 5.79 Å². The Kier molecular flexibility index (Phi) is 5.10. The maximum absolute atomic E-state index is 12.4. The van der Waals surface area contributed by atoms with E-state index in [0.717, 1.165) is 31.4 Å². The van der Waals surface area contributed by atoms with E-state index in [2.05, 4.69) is 13.8 Å². The first-order valence-corrected chi connectivity index (χ1v) is 7.99. The van der Waals surface area contributed by atoms with E-state index in [1.54, 1.807) is 6.08 Å². The first kappa shape index (κ1) is 16.5. The zero-order chi connectivity index (χ0) is 15.5. The van der Waals surface area contributed by atoms with Gasteiger partial charge in [-0.15, -0.1) is 0 Å². The topological polar surface area (TPSA) is 44.8 Å². The van der Waals surface area contributed by atoms with Gasteiger partial charge in [0.2, 0.25) is 0 Å². The molecule has 21 heavy (non-hydrogen) atoms. The van der Waals surface area contributed by atoms with Gasteiger partial charge in [-0.05, 0) is 25.7 Å². The summed E-state index contributed by atoms with van der Waals surface area (Å²) in [6.45, 7) is 10.2. The van der Waals surface area contributed by atoms with Crippen LogP contribution in [0.5, 0.6) is 0 Å². The van der Waals surface area contributed by atoms with Gasteiger partial charge in [-0.1, -0.05) is 20.8 Å². The molecular formula is C17H28O4. The normalized spacial score (nSPS) is 28.8. The molecule has 1 unspecified atom stereocenters. The summed E-state index contributed by atoms with van der Waals surface area (Å²) in [6.07, 6.45) is 4.92. The van der Waals surface area contributed by atoms with Crippen molar-refractivity contribution in [3.63, 3.8) is 0 Å². The van der Waals surface area contributed by atoms with E-state index in [1.165, 1.54) is 0 Å². The highest BCUT2D eigenvalue weighted by atomic mass is 16.7. The van der Waals surface area contributed by atoms with Crippen LogP contribution in [0.15, 0.2) is 11.8 Å². The number of carbonyl (C=O) groups is 1. The molecule has 0 aromatic heterocycles. The molecule has 0 N–H and O–H groups in total.